The topological polar surface area (TPSA) is 88.7 Å². The molecule has 3 N–H and O–H groups in total. The number of carbonyl (C=O) groups is 2. The maximum Gasteiger partial charge on any atom is 0.276 e. The smallest absolute Gasteiger partial charge is 0.276 e. The van der Waals surface area contributed by atoms with Gasteiger partial charge in [-0.3, -0.25) is 20.4 Å². The van der Waals surface area contributed by atoms with Gasteiger partial charge in [0.2, 0.25) is 5.91 Å². The highest BCUT2D eigenvalue weighted by Crippen LogP contribution is 2.27. The molecule has 0 heterocycles. The molecular weight excluding hydrogens is 402 g/mol. The molecule has 0 aliphatic heterocycles. The van der Waals surface area contributed by atoms with Crippen molar-refractivity contribution in [1.82, 2.24) is 16.2 Å². The Balaban J connectivity index is 1.75. The fourth-order valence-electron chi connectivity index (χ4n) is 2.68. The van der Waals surface area contributed by atoms with Gasteiger partial charge in [-0.05, 0) is 59.9 Å². The van der Waals surface area contributed by atoms with E-state index < -0.39 is 5.91 Å². The summed E-state index contributed by atoms with van der Waals surface area (Å²) in [5.41, 5.74) is 7.81. The summed E-state index contributed by atoms with van der Waals surface area (Å²) in [4.78, 5) is 24.1. The lowest BCUT2D eigenvalue weighted by molar-refractivity contribution is -0.124. The van der Waals surface area contributed by atoms with Crippen molar-refractivity contribution in [1.29, 1.82) is 0 Å². The minimum absolute atomic E-state index is 0.000265. The lowest BCUT2D eigenvalue weighted by Crippen LogP contribution is -2.50. The predicted molar refractivity (Wildman–Crippen MR) is 119 cm³/mol. The molecule has 2 rings (SSSR count). The van der Waals surface area contributed by atoms with Crippen molar-refractivity contribution in [2.75, 3.05) is 13.7 Å². The van der Waals surface area contributed by atoms with Crippen LogP contribution in [0.5, 0.6) is 11.5 Å². The zero-order valence-corrected chi connectivity index (χ0v) is 18.4. The highest BCUT2D eigenvalue weighted by atomic mass is 32.1. The van der Waals surface area contributed by atoms with Gasteiger partial charge in [0.15, 0.2) is 11.7 Å². The minimum atomic E-state index is -0.419. The molecule has 0 aliphatic rings. The molecule has 7 nitrogen and oxygen atoms in total. The van der Waals surface area contributed by atoms with Crippen LogP contribution in [0.2, 0.25) is 0 Å². The molecule has 0 atom stereocenters. The van der Waals surface area contributed by atoms with Crippen molar-refractivity contribution in [2.24, 2.45) is 0 Å². The number of carbonyl (C=O) groups excluding carboxylic acids is 2. The van der Waals surface area contributed by atoms with E-state index in [1.165, 1.54) is 0 Å². The van der Waals surface area contributed by atoms with Gasteiger partial charge in [0.05, 0.1) is 13.5 Å². The first kappa shape index (κ1) is 23.2. The maximum absolute atomic E-state index is 12.1. The molecule has 0 aliphatic carbocycles. The summed E-state index contributed by atoms with van der Waals surface area (Å²) in [6, 6.07) is 13.1. The number of rotatable bonds is 7. The van der Waals surface area contributed by atoms with Gasteiger partial charge in [0.1, 0.15) is 11.5 Å². The Hall–Kier alpha value is -3.13. The molecule has 0 fully saturated rings. The van der Waals surface area contributed by atoms with Crippen molar-refractivity contribution < 1.29 is 19.1 Å². The van der Waals surface area contributed by atoms with E-state index in [1.807, 2.05) is 25.1 Å². The molecule has 30 heavy (non-hydrogen) atoms. The van der Waals surface area contributed by atoms with E-state index in [-0.39, 0.29) is 30.0 Å². The number of hydrazine groups is 1. The van der Waals surface area contributed by atoms with Gasteiger partial charge in [-0.25, -0.2) is 0 Å². The van der Waals surface area contributed by atoms with Gasteiger partial charge in [0, 0.05) is 0 Å². The second-order valence-electron chi connectivity index (χ2n) is 7.06. The van der Waals surface area contributed by atoms with Crippen molar-refractivity contribution in [3.63, 3.8) is 0 Å². The molecule has 8 heteroatoms. The van der Waals surface area contributed by atoms with Crippen molar-refractivity contribution >= 4 is 29.1 Å². The summed E-state index contributed by atoms with van der Waals surface area (Å²) in [5.74, 6) is 0.945. The Labute approximate surface area is 182 Å². The standard InChI is InChI=1S/C22H27N3O4S/c1-14(2)18-10-5-15(3)11-19(18)29-13-21(27)24-25-22(30)23-20(26)12-16-6-8-17(28-4)9-7-16/h5-11,14H,12-13H2,1-4H3,(H,24,27)(H2,23,25,26,30). The third-order valence-electron chi connectivity index (χ3n) is 4.24. The average Bonchev–Trinajstić information content (AvgIpc) is 2.71. The molecule has 0 spiro atoms. The zero-order chi connectivity index (χ0) is 22.1. The number of hydrogen-bond acceptors (Lipinski definition) is 5. The number of ether oxygens (including phenoxy) is 2. The van der Waals surface area contributed by atoms with Crippen molar-refractivity contribution in [3.8, 4) is 11.5 Å². The van der Waals surface area contributed by atoms with Crippen molar-refractivity contribution in [2.45, 2.75) is 33.1 Å². The Bertz CT molecular complexity index is 898. The largest absolute Gasteiger partial charge is 0.497 e. The van der Waals surface area contributed by atoms with E-state index in [1.54, 1.807) is 31.4 Å². The predicted octanol–water partition coefficient (Wildman–Crippen LogP) is 2.77. The molecule has 2 aromatic rings. The van der Waals surface area contributed by atoms with Crippen LogP contribution in [0.1, 0.15) is 36.5 Å². The number of amides is 2. The van der Waals surface area contributed by atoms with Crippen LogP contribution in [-0.4, -0.2) is 30.6 Å². The van der Waals surface area contributed by atoms with E-state index in [0.717, 1.165) is 16.7 Å². The normalized spacial score (nSPS) is 10.3. The number of benzene rings is 2. The van der Waals surface area contributed by atoms with Gasteiger partial charge in [0.25, 0.3) is 5.91 Å². The van der Waals surface area contributed by atoms with Gasteiger partial charge in [-0.2, -0.15) is 0 Å². The molecular formula is C22H27N3O4S. The molecule has 0 bridgehead atoms. The monoisotopic (exact) mass is 429 g/mol. The number of hydrogen-bond donors (Lipinski definition) is 3. The van der Waals surface area contributed by atoms with Crippen molar-refractivity contribution in [3.05, 3.63) is 59.2 Å². The molecule has 0 saturated carbocycles. The molecule has 0 aromatic heterocycles. The Morgan fingerprint density at radius 1 is 1.03 bits per heavy atom. The summed E-state index contributed by atoms with van der Waals surface area (Å²) in [7, 11) is 1.58. The van der Waals surface area contributed by atoms with E-state index in [4.69, 9.17) is 21.7 Å². The summed E-state index contributed by atoms with van der Waals surface area (Å²) < 4.78 is 10.7. The zero-order valence-electron chi connectivity index (χ0n) is 17.6. The Morgan fingerprint density at radius 3 is 2.37 bits per heavy atom. The molecule has 2 amide bonds. The summed E-state index contributed by atoms with van der Waals surface area (Å²) in [5, 5.41) is 2.51. The van der Waals surface area contributed by atoms with Crippen LogP contribution < -0.4 is 25.6 Å². The average molecular weight is 430 g/mol. The fourth-order valence-corrected chi connectivity index (χ4v) is 2.85. The van der Waals surface area contributed by atoms with E-state index >= 15 is 0 Å². The summed E-state index contributed by atoms with van der Waals surface area (Å²) >= 11 is 5.04. The summed E-state index contributed by atoms with van der Waals surface area (Å²) in [6.07, 6.45) is 0.147. The number of nitrogens with one attached hydrogen (secondary N) is 3. The van der Waals surface area contributed by atoms with E-state index in [2.05, 4.69) is 30.0 Å². The Kier molecular flexibility index (Phi) is 8.61. The van der Waals surface area contributed by atoms with E-state index in [9.17, 15) is 9.59 Å². The highest BCUT2D eigenvalue weighted by molar-refractivity contribution is 7.80. The van der Waals surface area contributed by atoms with Crippen LogP contribution in [-0.2, 0) is 16.0 Å². The first-order valence-corrected chi connectivity index (χ1v) is 9.94. The van der Waals surface area contributed by atoms with Crippen LogP contribution in [0.4, 0.5) is 0 Å². The first-order chi connectivity index (χ1) is 14.3. The van der Waals surface area contributed by atoms with Gasteiger partial charge < -0.3 is 14.8 Å². The van der Waals surface area contributed by atoms with Gasteiger partial charge in [-0.15, -0.1) is 0 Å². The van der Waals surface area contributed by atoms with Crippen LogP contribution >= 0.6 is 12.2 Å². The second-order valence-corrected chi connectivity index (χ2v) is 7.47. The molecule has 160 valence electrons. The van der Waals surface area contributed by atoms with Gasteiger partial charge >= 0.3 is 0 Å². The lowest BCUT2D eigenvalue weighted by Gasteiger charge is -2.15. The lowest BCUT2D eigenvalue weighted by atomic mass is 10.0. The maximum atomic E-state index is 12.1. The fraction of sp³-hybridized carbons (Fsp3) is 0.318. The first-order valence-electron chi connectivity index (χ1n) is 9.53. The third-order valence-corrected chi connectivity index (χ3v) is 4.45. The Morgan fingerprint density at radius 2 is 1.73 bits per heavy atom. The quantitative estimate of drug-likeness (QED) is 0.463. The highest BCUT2D eigenvalue weighted by Gasteiger charge is 2.11. The van der Waals surface area contributed by atoms with Crippen LogP contribution in [0.15, 0.2) is 42.5 Å². The number of methoxy groups -OCH3 is 1. The molecule has 2 aromatic carbocycles. The summed E-state index contributed by atoms with van der Waals surface area (Å²) in [6.45, 7) is 5.91. The molecule has 0 unspecified atom stereocenters. The third kappa shape index (κ3) is 7.36. The SMILES string of the molecule is COc1ccc(CC(=O)NC(=S)NNC(=O)COc2cc(C)ccc2C(C)C)cc1. The van der Waals surface area contributed by atoms with E-state index in [0.29, 0.717) is 11.5 Å². The van der Waals surface area contributed by atoms with Gasteiger partial charge in [-0.1, -0.05) is 38.1 Å². The molecule has 0 radical (unpaired) electrons. The van der Waals surface area contributed by atoms with Crippen LogP contribution in [0.3, 0.4) is 0 Å². The minimum Gasteiger partial charge on any atom is -0.497 e. The molecule has 0 saturated heterocycles. The second kappa shape index (κ2) is 11.2. The number of aryl methyl sites for hydroxylation is 1. The number of thiocarbonyl (C=S) groups is 1. The van der Waals surface area contributed by atoms with Crippen LogP contribution in [0, 0.1) is 6.92 Å². The van der Waals surface area contributed by atoms with Crippen LogP contribution in [0.25, 0.3) is 0 Å².